The highest BCUT2D eigenvalue weighted by molar-refractivity contribution is 9.11. The fraction of sp³-hybridized carbons (Fsp3) is 0.467. The number of thiophene rings is 1. The topological polar surface area (TPSA) is 66.4 Å². The third-order valence-corrected chi connectivity index (χ3v) is 5.61. The van der Waals surface area contributed by atoms with Crippen LogP contribution in [0.4, 0.5) is 0 Å². The minimum Gasteiger partial charge on any atom is -0.479 e. The number of carbonyl (C=O) groups is 2. The van der Waals surface area contributed by atoms with Crippen LogP contribution in [-0.2, 0) is 9.59 Å². The van der Waals surface area contributed by atoms with Crippen LogP contribution in [0.3, 0.4) is 0 Å². The molecule has 0 bridgehead atoms. The van der Waals surface area contributed by atoms with Crippen molar-refractivity contribution in [2.24, 2.45) is 5.92 Å². The van der Waals surface area contributed by atoms with E-state index in [1.165, 1.54) is 17.4 Å². The molecule has 1 saturated carbocycles. The first-order valence-corrected chi connectivity index (χ1v) is 8.54. The number of carboxylic acid groups (broad SMARTS) is 1. The maximum atomic E-state index is 12.1. The van der Waals surface area contributed by atoms with Crippen LogP contribution >= 0.6 is 27.3 Å². The first-order valence-electron chi connectivity index (χ1n) is 6.93. The Labute approximate surface area is 136 Å². The van der Waals surface area contributed by atoms with Gasteiger partial charge in [0.15, 0.2) is 0 Å². The predicted octanol–water partition coefficient (Wildman–Crippen LogP) is 3.67. The van der Waals surface area contributed by atoms with Crippen molar-refractivity contribution in [2.75, 3.05) is 0 Å². The first kappa shape index (κ1) is 16.2. The second-order valence-corrected chi connectivity index (χ2v) is 7.88. The molecule has 0 radical (unpaired) electrons. The van der Waals surface area contributed by atoms with E-state index in [1.54, 1.807) is 6.08 Å². The molecule has 2 rings (SSSR count). The van der Waals surface area contributed by atoms with Crippen molar-refractivity contribution in [3.05, 3.63) is 26.9 Å². The lowest BCUT2D eigenvalue weighted by molar-refractivity contribution is -0.151. The summed E-state index contributed by atoms with van der Waals surface area (Å²) < 4.78 is 0.991. The monoisotopic (exact) mass is 371 g/mol. The van der Waals surface area contributed by atoms with E-state index in [-0.39, 0.29) is 11.8 Å². The number of carbonyl (C=O) groups excluding carboxylic acids is 1. The highest BCUT2D eigenvalue weighted by Crippen LogP contribution is 2.34. The molecule has 1 heterocycles. The van der Waals surface area contributed by atoms with Crippen molar-refractivity contribution in [3.8, 4) is 0 Å². The molecule has 2 unspecified atom stereocenters. The van der Waals surface area contributed by atoms with Gasteiger partial charge in [-0.25, -0.2) is 4.79 Å². The molecule has 6 heteroatoms. The summed E-state index contributed by atoms with van der Waals surface area (Å²) >= 11 is 4.88. The summed E-state index contributed by atoms with van der Waals surface area (Å²) in [5, 5.41) is 12.3. The third kappa shape index (κ3) is 3.74. The summed E-state index contributed by atoms with van der Waals surface area (Å²) in [6.45, 7) is 1.90. The van der Waals surface area contributed by atoms with Crippen LogP contribution in [0.2, 0.25) is 0 Å². The Balaban J connectivity index is 2.08. The first-order chi connectivity index (χ1) is 9.94. The number of carboxylic acids is 1. The molecule has 0 saturated heterocycles. The van der Waals surface area contributed by atoms with Gasteiger partial charge in [-0.3, -0.25) is 4.79 Å². The Morgan fingerprint density at radius 3 is 2.81 bits per heavy atom. The average Bonchev–Trinajstić information content (AvgIpc) is 2.85. The third-order valence-electron chi connectivity index (χ3n) is 4.02. The summed E-state index contributed by atoms with van der Waals surface area (Å²) in [6.07, 6.45) is 6.28. The number of amides is 1. The fourth-order valence-electron chi connectivity index (χ4n) is 2.74. The molecule has 0 aliphatic heterocycles. The number of halogens is 1. The van der Waals surface area contributed by atoms with E-state index < -0.39 is 11.5 Å². The average molecular weight is 372 g/mol. The van der Waals surface area contributed by atoms with Crippen LogP contribution < -0.4 is 5.32 Å². The molecule has 1 aromatic heterocycles. The van der Waals surface area contributed by atoms with Gasteiger partial charge in [0.05, 0.1) is 3.79 Å². The standard InChI is InChI=1S/C15H18BrNO3S/c1-10-4-2-3-9-15(10,14(19)20)17-13(18)8-6-11-5-7-12(16)21-11/h5-8,10H,2-4,9H2,1H3,(H,17,18)(H,19,20)/b8-6+. The molecular formula is C15H18BrNO3S. The largest absolute Gasteiger partial charge is 0.479 e. The van der Waals surface area contributed by atoms with Gasteiger partial charge in [-0.1, -0.05) is 19.8 Å². The quantitative estimate of drug-likeness (QED) is 0.793. The Morgan fingerprint density at radius 2 is 2.24 bits per heavy atom. The fourth-order valence-corrected chi connectivity index (χ4v) is 4.07. The van der Waals surface area contributed by atoms with Gasteiger partial charge in [-0.2, -0.15) is 0 Å². The van der Waals surface area contributed by atoms with E-state index in [0.717, 1.165) is 27.9 Å². The molecule has 114 valence electrons. The van der Waals surface area contributed by atoms with Gasteiger partial charge in [0, 0.05) is 11.0 Å². The maximum absolute atomic E-state index is 12.1. The molecule has 2 atom stereocenters. The minimum absolute atomic E-state index is 0.0583. The molecule has 1 amide bonds. The van der Waals surface area contributed by atoms with E-state index in [2.05, 4.69) is 21.2 Å². The van der Waals surface area contributed by atoms with E-state index in [1.807, 2.05) is 19.1 Å². The van der Waals surface area contributed by atoms with Crippen molar-refractivity contribution in [1.29, 1.82) is 0 Å². The van der Waals surface area contributed by atoms with Crippen molar-refractivity contribution in [3.63, 3.8) is 0 Å². The zero-order valence-electron chi connectivity index (χ0n) is 11.8. The van der Waals surface area contributed by atoms with Crippen molar-refractivity contribution < 1.29 is 14.7 Å². The van der Waals surface area contributed by atoms with E-state index in [4.69, 9.17) is 0 Å². The predicted molar refractivity (Wildman–Crippen MR) is 87.2 cm³/mol. The number of nitrogens with one attached hydrogen (secondary N) is 1. The summed E-state index contributed by atoms with van der Waals surface area (Å²) in [4.78, 5) is 24.7. The minimum atomic E-state index is -1.13. The van der Waals surface area contributed by atoms with E-state index in [0.29, 0.717) is 6.42 Å². The summed E-state index contributed by atoms with van der Waals surface area (Å²) in [6, 6.07) is 3.80. The van der Waals surface area contributed by atoms with E-state index in [9.17, 15) is 14.7 Å². The smallest absolute Gasteiger partial charge is 0.329 e. The second-order valence-electron chi connectivity index (χ2n) is 5.39. The number of rotatable bonds is 4. The van der Waals surface area contributed by atoms with Crippen molar-refractivity contribution in [2.45, 2.75) is 38.1 Å². The molecule has 1 aliphatic carbocycles. The molecule has 4 nitrogen and oxygen atoms in total. The molecule has 1 aromatic rings. The Bertz CT molecular complexity index is 569. The highest BCUT2D eigenvalue weighted by atomic mass is 79.9. The van der Waals surface area contributed by atoms with Gasteiger partial charge in [-0.05, 0) is 52.9 Å². The lowest BCUT2D eigenvalue weighted by Gasteiger charge is -2.39. The van der Waals surface area contributed by atoms with Crippen LogP contribution in [-0.4, -0.2) is 22.5 Å². The number of hydrogen-bond donors (Lipinski definition) is 2. The zero-order valence-corrected chi connectivity index (χ0v) is 14.2. The Kier molecular flexibility index (Phi) is 5.22. The normalized spacial score (nSPS) is 25.9. The van der Waals surface area contributed by atoms with Gasteiger partial charge in [0.25, 0.3) is 0 Å². The summed E-state index contributed by atoms with van der Waals surface area (Å²) in [5.41, 5.74) is -1.13. The number of hydrogen-bond acceptors (Lipinski definition) is 3. The molecule has 1 fully saturated rings. The van der Waals surface area contributed by atoms with Gasteiger partial charge in [0.2, 0.25) is 5.91 Å². The van der Waals surface area contributed by atoms with Crippen LogP contribution in [0.1, 0.15) is 37.5 Å². The lowest BCUT2D eigenvalue weighted by atomic mass is 9.73. The second kappa shape index (κ2) is 6.75. The Hall–Kier alpha value is -1.14. The SMILES string of the molecule is CC1CCCCC1(NC(=O)/C=C/c1ccc(Br)s1)C(=O)O. The van der Waals surface area contributed by atoms with Gasteiger partial charge < -0.3 is 10.4 Å². The molecule has 1 aliphatic rings. The summed E-state index contributed by atoms with van der Waals surface area (Å²) in [7, 11) is 0. The van der Waals surface area contributed by atoms with E-state index >= 15 is 0 Å². The highest BCUT2D eigenvalue weighted by Gasteiger charge is 2.45. The van der Waals surface area contributed by atoms with Crippen LogP contribution in [0.15, 0.2) is 22.0 Å². The van der Waals surface area contributed by atoms with Crippen LogP contribution in [0, 0.1) is 5.92 Å². The molecule has 0 aromatic carbocycles. The van der Waals surface area contributed by atoms with Crippen LogP contribution in [0.25, 0.3) is 6.08 Å². The van der Waals surface area contributed by atoms with Gasteiger partial charge in [0.1, 0.15) is 5.54 Å². The maximum Gasteiger partial charge on any atom is 0.329 e. The molecule has 21 heavy (non-hydrogen) atoms. The Morgan fingerprint density at radius 1 is 1.48 bits per heavy atom. The molecule has 2 N–H and O–H groups in total. The zero-order chi connectivity index (χ0) is 15.5. The summed E-state index contributed by atoms with van der Waals surface area (Å²) in [5.74, 6) is -1.34. The number of aliphatic carboxylic acids is 1. The van der Waals surface area contributed by atoms with Crippen LogP contribution in [0.5, 0.6) is 0 Å². The van der Waals surface area contributed by atoms with Crippen molar-refractivity contribution in [1.82, 2.24) is 5.32 Å². The lowest BCUT2D eigenvalue weighted by Crippen LogP contribution is -2.59. The van der Waals surface area contributed by atoms with Gasteiger partial charge in [-0.15, -0.1) is 11.3 Å². The molecule has 0 spiro atoms. The van der Waals surface area contributed by atoms with Crippen molar-refractivity contribution >= 4 is 45.2 Å². The van der Waals surface area contributed by atoms with Gasteiger partial charge >= 0.3 is 5.97 Å². The molecular weight excluding hydrogens is 354 g/mol.